The summed E-state index contributed by atoms with van der Waals surface area (Å²) < 4.78 is 5.25. The summed E-state index contributed by atoms with van der Waals surface area (Å²) in [6.07, 6.45) is 1.45. The van der Waals surface area contributed by atoms with Gasteiger partial charge in [0, 0.05) is 43.3 Å². The molecule has 200 valence electrons. The number of nitrogens with one attached hydrogen (secondary N) is 2. The number of hydrogen-bond acceptors (Lipinski definition) is 8. The molecule has 0 saturated heterocycles. The predicted octanol–water partition coefficient (Wildman–Crippen LogP) is 2.65. The number of fused-ring (bicyclic) bond motifs is 1. The lowest BCUT2D eigenvalue weighted by molar-refractivity contribution is -0.122. The van der Waals surface area contributed by atoms with E-state index in [9.17, 15) is 19.8 Å². The molecule has 1 unspecified atom stereocenters. The van der Waals surface area contributed by atoms with E-state index in [2.05, 4.69) is 20.6 Å². The maximum atomic E-state index is 13.2. The number of rotatable bonds is 11. The molecule has 1 aliphatic heterocycles. The van der Waals surface area contributed by atoms with Gasteiger partial charge in [0.25, 0.3) is 5.91 Å². The molecule has 4 N–H and O–H groups in total. The smallest absolute Gasteiger partial charge is 0.254 e. The van der Waals surface area contributed by atoms with Crippen LogP contribution < -0.4 is 15.4 Å². The SMILES string of the molecule is COc1cccc(C(C)NC(=O)CN2Cc3ccc(-c4nc(NCC(CO)CO)ncc4Cl)cc3C2=O)c1. The number of aliphatic hydroxyl groups is 2. The Hall–Kier alpha value is -3.73. The zero-order valence-corrected chi connectivity index (χ0v) is 21.9. The molecule has 0 aliphatic carbocycles. The quantitative estimate of drug-likeness (QED) is 0.292. The number of halogens is 1. The highest BCUT2D eigenvalue weighted by atomic mass is 35.5. The Balaban J connectivity index is 1.44. The molecule has 2 amide bonds. The monoisotopic (exact) mass is 539 g/mol. The predicted molar refractivity (Wildman–Crippen MR) is 143 cm³/mol. The van der Waals surface area contributed by atoms with Crippen LogP contribution in [-0.4, -0.2) is 70.3 Å². The van der Waals surface area contributed by atoms with Crippen molar-refractivity contribution in [1.29, 1.82) is 0 Å². The van der Waals surface area contributed by atoms with Crippen LogP contribution in [0.4, 0.5) is 5.95 Å². The van der Waals surface area contributed by atoms with Gasteiger partial charge in [0.05, 0.1) is 30.1 Å². The minimum absolute atomic E-state index is 0.0730. The van der Waals surface area contributed by atoms with E-state index in [-0.39, 0.29) is 56.0 Å². The number of nitrogens with zero attached hydrogens (tertiary/aromatic N) is 3. The Morgan fingerprint density at radius 3 is 2.74 bits per heavy atom. The number of benzene rings is 2. The number of methoxy groups -OCH3 is 1. The van der Waals surface area contributed by atoms with E-state index in [0.29, 0.717) is 34.1 Å². The van der Waals surface area contributed by atoms with Gasteiger partial charge in [-0.3, -0.25) is 9.59 Å². The molecule has 0 radical (unpaired) electrons. The Kier molecular flexibility index (Phi) is 8.77. The molecule has 10 nitrogen and oxygen atoms in total. The summed E-state index contributed by atoms with van der Waals surface area (Å²) in [6, 6.07) is 12.6. The lowest BCUT2D eigenvalue weighted by atomic mass is 10.0. The zero-order chi connectivity index (χ0) is 27.2. The number of ether oxygens (including phenoxy) is 1. The first kappa shape index (κ1) is 27.3. The van der Waals surface area contributed by atoms with Crippen LogP contribution in [0.3, 0.4) is 0 Å². The first-order valence-electron chi connectivity index (χ1n) is 12.2. The first-order valence-corrected chi connectivity index (χ1v) is 12.5. The van der Waals surface area contributed by atoms with Gasteiger partial charge in [-0.05, 0) is 36.2 Å². The van der Waals surface area contributed by atoms with Crippen molar-refractivity contribution in [3.63, 3.8) is 0 Å². The lowest BCUT2D eigenvalue weighted by Gasteiger charge is -2.19. The summed E-state index contributed by atoms with van der Waals surface area (Å²) in [5.74, 6) is 0.128. The molecule has 1 aliphatic rings. The third-order valence-electron chi connectivity index (χ3n) is 6.38. The van der Waals surface area contributed by atoms with Gasteiger partial charge in [0.1, 0.15) is 12.3 Å². The number of aromatic nitrogens is 2. The first-order chi connectivity index (χ1) is 18.3. The van der Waals surface area contributed by atoms with Crippen molar-refractivity contribution in [2.24, 2.45) is 5.92 Å². The van der Waals surface area contributed by atoms with Crippen molar-refractivity contribution in [2.45, 2.75) is 19.5 Å². The van der Waals surface area contributed by atoms with Gasteiger partial charge in [0.15, 0.2) is 0 Å². The molecular weight excluding hydrogens is 510 g/mol. The molecule has 0 bridgehead atoms. The topological polar surface area (TPSA) is 137 Å². The van der Waals surface area contributed by atoms with Crippen molar-refractivity contribution in [3.8, 4) is 17.0 Å². The van der Waals surface area contributed by atoms with Gasteiger partial charge in [0.2, 0.25) is 11.9 Å². The number of hydrogen-bond donors (Lipinski definition) is 4. The van der Waals surface area contributed by atoms with Crippen LogP contribution in [-0.2, 0) is 11.3 Å². The van der Waals surface area contributed by atoms with Crippen LogP contribution in [0.5, 0.6) is 5.75 Å². The van der Waals surface area contributed by atoms with Crippen molar-refractivity contribution >= 4 is 29.4 Å². The van der Waals surface area contributed by atoms with E-state index >= 15 is 0 Å². The highest BCUT2D eigenvalue weighted by Crippen LogP contribution is 2.31. The van der Waals surface area contributed by atoms with E-state index in [1.54, 1.807) is 13.2 Å². The van der Waals surface area contributed by atoms with E-state index in [1.165, 1.54) is 11.1 Å². The highest BCUT2D eigenvalue weighted by molar-refractivity contribution is 6.33. The molecule has 0 fully saturated rings. The molecule has 3 aromatic rings. The number of carbonyl (C=O) groups excluding carboxylic acids is 2. The van der Waals surface area contributed by atoms with Gasteiger partial charge in [-0.25, -0.2) is 9.97 Å². The molecule has 0 saturated carbocycles. The maximum Gasteiger partial charge on any atom is 0.254 e. The van der Waals surface area contributed by atoms with Crippen LogP contribution in [0.25, 0.3) is 11.3 Å². The van der Waals surface area contributed by atoms with E-state index in [1.807, 2.05) is 43.3 Å². The van der Waals surface area contributed by atoms with E-state index < -0.39 is 0 Å². The Bertz CT molecular complexity index is 1320. The molecule has 2 aromatic carbocycles. The summed E-state index contributed by atoms with van der Waals surface area (Å²) >= 11 is 6.36. The van der Waals surface area contributed by atoms with Gasteiger partial charge in [-0.1, -0.05) is 35.9 Å². The lowest BCUT2D eigenvalue weighted by Crippen LogP contribution is -2.38. The number of aliphatic hydroxyl groups excluding tert-OH is 2. The van der Waals surface area contributed by atoms with Crippen LogP contribution in [0.15, 0.2) is 48.7 Å². The largest absolute Gasteiger partial charge is 0.497 e. The van der Waals surface area contributed by atoms with Gasteiger partial charge in [-0.15, -0.1) is 0 Å². The second-order valence-electron chi connectivity index (χ2n) is 9.10. The van der Waals surface area contributed by atoms with E-state index in [0.717, 1.165) is 11.1 Å². The van der Waals surface area contributed by atoms with Crippen molar-refractivity contribution in [2.75, 3.05) is 38.7 Å². The average Bonchev–Trinajstić information content (AvgIpc) is 3.24. The van der Waals surface area contributed by atoms with Crippen molar-refractivity contribution in [1.82, 2.24) is 20.2 Å². The molecule has 38 heavy (non-hydrogen) atoms. The molecule has 11 heteroatoms. The maximum absolute atomic E-state index is 13.2. The number of carbonyl (C=O) groups is 2. The Labute approximate surface area is 225 Å². The molecular formula is C27H30ClN5O5. The fraction of sp³-hybridized carbons (Fsp3) is 0.333. The number of amides is 2. The fourth-order valence-electron chi connectivity index (χ4n) is 4.17. The van der Waals surface area contributed by atoms with Crippen molar-refractivity contribution < 1.29 is 24.5 Å². The van der Waals surface area contributed by atoms with Crippen LogP contribution in [0, 0.1) is 5.92 Å². The van der Waals surface area contributed by atoms with Crippen molar-refractivity contribution in [3.05, 3.63) is 70.4 Å². The summed E-state index contributed by atoms with van der Waals surface area (Å²) in [5.41, 5.74) is 3.27. The molecule has 1 aromatic heterocycles. The van der Waals surface area contributed by atoms with Crippen LogP contribution >= 0.6 is 11.6 Å². The number of anilines is 1. The third kappa shape index (κ3) is 6.21. The average molecular weight is 540 g/mol. The minimum atomic E-state index is -0.350. The second kappa shape index (κ2) is 12.2. The normalized spacial score (nSPS) is 13.4. The third-order valence-corrected chi connectivity index (χ3v) is 6.65. The summed E-state index contributed by atoms with van der Waals surface area (Å²) in [6.45, 7) is 2.06. The second-order valence-corrected chi connectivity index (χ2v) is 9.51. The Morgan fingerprint density at radius 2 is 2.00 bits per heavy atom. The summed E-state index contributed by atoms with van der Waals surface area (Å²) in [5, 5.41) is 24.7. The van der Waals surface area contributed by atoms with Crippen LogP contribution in [0.2, 0.25) is 5.02 Å². The molecule has 1 atom stereocenters. The molecule has 2 heterocycles. The van der Waals surface area contributed by atoms with Crippen LogP contribution in [0.1, 0.15) is 34.5 Å². The van der Waals surface area contributed by atoms with Gasteiger partial charge >= 0.3 is 0 Å². The molecule has 0 spiro atoms. The van der Waals surface area contributed by atoms with Gasteiger partial charge in [-0.2, -0.15) is 0 Å². The van der Waals surface area contributed by atoms with Gasteiger partial charge < -0.3 is 30.5 Å². The Morgan fingerprint density at radius 1 is 1.21 bits per heavy atom. The highest BCUT2D eigenvalue weighted by Gasteiger charge is 2.30. The van der Waals surface area contributed by atoms with E-state index in [4.69, 9.17) is 16.3 Å². The summed E-state index contributed by atoms with van der Waals surface area (Å²) in [4.78, 5) is 36.0. The molecule has 4 rings (SSSR count). The fourth-order valence-corrected chi connectivity index (χ4v) is 4.37. The standard InChI is InChI=1S/C27H30ClN5O5/c1-16(18-4-3-5-21(8-18)38-2)31-24(36)13-33-12-20-7-6-19(9-22(20)26(33)37)25-23(28)11-30-27(32-25)29-10-17(14-34)15-35/h3-9,11,16-17,34-35H,10,12-15H2,1-2H3,(H,31,36)(H,29,30,32). The minimum Gasteiger partial charge on any atom is -0.497 e. The zero-order valence-electron chi connectivity index (χ0n) is 21.1. The summed E-state index contributed by atoms with van der Waals surface area (Å²) in [7, 11) is 1.59.